The zero-order chi connectivity index (χ0) is 25.6. The summed E-state index contributed by atoms with van der Waals surface area (Å²) in [7, 11) is 0. The molecule has 0 aliphatic rings. The predicted molar refractivity (Wildman–Crippen MR) is 143 cm³/mol. The summed E-state index contributed by atoms with van der Waals surface area (Å²) in [6, 6.07) is 28.2. The summed E-state index contributed by atoms with van der Waals surface area (Å²) >= 11 is 1.44. The van der Waals surface area contributed by atoms with Gasteiger partial charge in [-0.25, -0.2) is 14.6 Å². The van der Waals surface area contributed by atoms with Gasteiger partial charge in [0.05, 0.1) is 11.4 Å². The van der Waals surface area contributed by atoms with Gasteiger partial charge in [0.1, 0.15) is 11.5 Å². The molecule has 1 N–H and O–H groups in total. The molecular formula is C28H24N6O2S. The lowest BCUT2D eigenvalue weighted by atomic mass is 10.2. The number of para-hydroxylation sites is 2. The van der Waals surface area contributed by atoms with Gasteiger partial charge in [-0.05, 0) is 68.4 Å². The number of hydrogen-bond donors (Lipinski definition) is 1. The average Bonchev–Trinajstić information content (AvgIpc) is 3.33. The topological polar surface area (TPSA) is 94.8 Å². The number of benzene rings is 3. The van der Waals surface area contributed by atoms with E-state index >= 15 is 0 Å². The van der Waals surface area contributed by atoms with Gasteiger partial charge in [0.25, 0.3) is 5.91 Å². The van der Waals surface area contributed by atoms with Gasteiger partial charge in [0.15, 0.2) is 10.9 Å². The Balaban J connectivity index is 1.36. The highest BCUT2D eigenvalue weighted by molar-refractivity contribution is 7.98. The summed E-state index contributed by atoms with van der Waals surface area (Å²) in [4.78, 5) is 22.3. The summed E-state index contributed by atoms with van der Waals surface area (Å²) in [5.41, 5.74) is 4.11. The number of anilines is 1. The fourth-order valence-corrected chi connectivity index (χ4v) is 4.64. The normalized spacial score (nSPS) is 10.8. The smallest absolute Gasteiger partial charge is 0.278 e. The minimum atomic E-state index is -0.351. The van der Waals surface area contributed by atoms with Gasteiger partial charge in [-0.3, -0.25) is 4.79 Å². The van der Waals surface area contributed by atoms with Gasteiger partial charge in [0, 0.05) is 22.8 Å². The van der Waals surface area contributed by atoms with Crippen LogP contribution in [0.3, 0.4) is 0 Å². The van der Waals surface area contributed by atoms with Gasteiger partial charge in [-0.15, -0.1) is 5.10 Å². The Morgan fingerprint density at radius 2 is 1.49 bits per heavy atom. The molecule has 2 heterocycles. The molecule has 0 unspecified atom stereocenters. The molecular weight excluding hydrogens is 484 g/mol. The quantitative estimate of drug-likeness (QED) is 0.203. The zero-order valence-corrected chi connectivity index (χ0v) is 21.1. The van der Waals surface area contributed by atoms with Crippen LogP contribution in [0.25, 0.3) is 5.69 Å². The number of nitrogens with zero attached hydrogens (tertiary/aromatic N) is 5. The fourth-order valence-electron chi connectivity index (χ4n) is 3.70. The standard InChI is InChI=1S/C28H24N6O2S/c1-19-17-20(2)30-28(29-19)37-18-25-26(32-33-34(25)22-9-5-3-6-10-22)27(35)31-21-13-15-24(16-14-21)36-23-11-7-4-8-12-23/h3-17H,18H2,1-2H3,(H,31,35). The molecule has 0 radical (unpaired) electrons. The van der Waals surface area contributed by atoms with Gasteiger partial charge in [0.2, 0.25) is 0 Å². The Morgan fingerprint density at radius 3 is 2.16 bits per heavy atom. The van der Waals surface area contributed by atoms with E-state index < -0.39 is 0 Å². The lowest BCUT2D eigenvalue weighted by Gasteiger charge is -2.10. The predicted octanol–water partition coefficient (Wildman–Crippen LogP) is 6.01. The van der Waals surface area contributed by atoms with Gasteiger partial charge in [-0.1, -0.05) is 53.4 Å². The summed E-state index contributed by atoms with van der Waals surface area (Å²) in [5.74, 6) is 1.48. The first-order valence-electron chi connectivity index (χ1n) is 11.6. The number of hydrogen-bond acceptors (Lipinski definition) is 7. The second kappa shape index (κ2) is 11.0. The number of ether oxygens (including phenoxy) is 1. The molecule has 37 heavy (non-hydrogen) atoms. The molecule has 0 bridgehead atoms. The number of carbonyl (C=O) groups excluding carboxylic acids is 1. The van der Waals surface area contributed by atoms with E-state index in [0.717, 1.165) is 22.8 Å². The molecule has 0 saturated heterocycles. The van der Waals surface area contributed by atoms with E-state index in [1.54, 1.807) is 28.9 Å². The second-order valence-electron chi connectivity index (χ2n) is 8.25. The second-order valence-corrected chi connectivity index (χ2v) is 9.19. The maximum atomic E-state index is 13.3. The van der Waals surface area contributed by atoms with E-state index in [2.05, 4.69) is 25.6 Å². The van der Waals surface area contributed by atoms with Crippen molar-refractivity contribution >= 4 is 23.4 Å². The Morgan fingerprint density at radius 1 is 0.865 bits per heavy atom. The molecule has 8 nitrogen and oxygen atoms in total. The van der Waals surface area contributed by atoms with Crippen molar-refractivity contribution in [2.45, 2.75) is 24.8 Å². The third kappa shape index (κ3) is 6.02. The molecule has 5 aromatic rings. The maximum absolute atomic E-state index is 13.3. The average molecular weight is 509 g/mol. The number of amides is 1. The van der Waals surface area contributed by atoms with Crippen LogP contribution in [0.2, 0.25) is 0 Å². The van der Waals surface area contributed by atoms with Crippen molar-refractivity contribution in [1.29, 1.82) is 0 Å². The van der Waals surface area contributed by atoms with E-state index in [1.807, 2.05) is 80.6 Å². The van der Waals surface area contributed by atoms with Crippen LogP contribution in [0.1, 0.15) is 27.6 Å². The largest absolute Gasteiger partial charge is 0.457 e. The molecule has 0 atom stereocenters. The van der Waals surface area contributed by atoms with Crippen molar-refractivity contribution in [3.05, 3.63) is 114 Å². The molecule has 1 amide bonds. The van der Waals surface area contributed by atoms with E-state index in [4.69, 9.17) is 4.74 Å². The Labute approximate surface area is 218 Å². The summed E-state index contributed by atoms with van der Waals surface area (Å²) in [5, 5.41) is 12.1. The first-order chi connectivity index (χ1) is 18.0. The Bertz CT molecular complexity index is 1490. The first kappa shape index (κ1) is 24.2. The molecule has 0 saturated carbocycles. The fraction of sp³-hybridized carbons (Fsp3) is 0.107. The number of rotatable bonds is 8. The van der Waals surface area contributed by atoms with Crippen molar-refractivity contribution in [2.24, 2.45) is 0 Å². The Hall–Kier alpha value is -4.50. The number of aryl methyl sites for hydroxylation is 2. The first-order valence-corrected chi connectivity index (χ1v) is 12.6. The van der Waals surface area contributed by atoms with Gasteiger partial charge >= 0.3 is 0 Å². The molecule has 2 aromatic heterocycles. The Kier molecular flexibility index (Phi) is 7.23. The molecule has 3 aromatic carbocycles. The van der Waals surface area contributed by atoms with Gasteiger partial charge in [-0.2, -0.15) is 0 Å². The highest BCUT2D eigenvalue weighted by Crippen LogP contribution is 2.26. The van der Waals surface area contributed by atoms with Crippen molar-refractivity contribution in [3.63, 3.8) is 0 Å². The molecule has 9 heteroatoms. The van der Waals surface area contributed by atoms with Crippen molar-refractivity contribution in [1.82, 2.24) is 25.0 Å². The van der Waals surface area contributed by atoms with Crippen molar-refractivity contribution < 1.29 is 9.53 Å². The van der Waals surface area contributed by atoms with Gasteiger partial charge < -0.3 is 10.1 Å². The molecule has 0 fully saturated rings. The van der Waals surface area contributed by atoms with Crippen LogP contribution in [0.15, 0.2) is 96.2 Å². The monoisotopic (exact) mass is 508 g/mol. The number of nitrogens with one attached hydrogen (secondary N) is 1. The summed E-state index contributed by atoms with van der Waals surface area (Å²) in [6.45, 7) is 3.87. The highest BCUT2D eigenvalue weighted by atomic mass is 32.2. The van der Waals surface area contributed by atoms with Crippen molar-refractivity contribution in [3.8, 4) is 17.2 Å². The lowest BCUT2D eigenvalue weighted by Crippen LogP contribution is -2.15. The third-order valence-corrected chi connectivity index (χ3v) is 6.23. The van der Waals surface area contributed by atoms with Crippen LogP contribution in [-0.4, -0.2) is 30.9 Å². The lowest BCUT2D eigenvalue weighted by molar-refractivity contribution is 0.102. The molecule has 0 spiro atoms. The van der Waals surface area contributed by atoms with E-state index in [-0.39, 0.29) is 11.6 Å². The van der Waals surface area contributed by atoms with Crippen LogP contribution >= 0.6 is 11.8 Å². The van der Waals surface area contributed by atoms with E-state index in [1.165, 1.54) is 11.8 Å². The minimum absolute atomic E-state index is 0.241. The third-order valence-electron chi connectivity index (χ3n) is 5.37. The number of aromatic nitrogens is 5. The maximum Gasteiger partial charge on any atom is 0.278 e. The van der Waals surface area contributed by atoms with Crippen LogP contribution in [0.5, 0.6) is 11.5 Å². The van der Waals surface area contributed by atoms with Crippen LogP contribution in [-0.2, 0) is 5.75 Å². The molecule has 184 valence electrons. The van der Waals surface area contributed by atoms with E-state index in [0.29, 0.717) is 28.0 Å². The van der Waals surface area contributed by atoms with Crippen molar-refractivity contribution in [2.75, 3.05) is 5.32 Å². The van der Waals surface area contributed by atoms with E-state index in [9.17, 15) is 4.79 Å². The molecule has 0 aliphatic heterocycles. The number of carbonyl (C=O) groups is 1. The molecule has 0 aliphatic carbocycles. The SMILES string of the molecule is Cc1cc(C)nc(SCc2c(C(=O)Nc3ccc(Oc4ccccc4)cc3)nnn2-c2ccccc2)n1. The summed E-state index contributed by atoms with van der Waals surface area (Å²) in [6.07, 6.45) is 0. The van der Waals surface area contributed by atoms with Crippen LogP contribution < -0.4 is 10.1 Å². The zero-order valence-electron chi connectivity index (χ0n) is 20.3. The summed E-state index contributed by atoms with van der Waals surface area (Å²) < 4.78 is 7.51. The highest BCUT2D eigenvalue weighted by Gasteiger charge is 2.21. The minimum Gasteiger partial charge on any atom is -0.457 e. The van der Waals surface area contributed by atoms with Crippen LogP contribution in [0.4, 0.5) is 5.69 Å². The number of thioether (sulfide) groups is 1. The molecule has 5 rings (SSSR count). The van der Waals surface area contributed by atoms with Crippen LogP contribution in [0, 0.1) is 13.8 Å².